The Balaban J connectivity index is 0.00000300. The Bertz CT molecular complexity index is 1470. The molecule has 3 aliphatic rings. The molecule has 2 bridgehead atoms. The number of likely N-dealkylation sites (N-methyl/N-ethyl adjacent to an activating group) is 1. The predicted molar refractivity (Wildman–Crippen MR) is 180 cm³/mol. The summed E-state index contributed by atoms with van der Waals surface area (Å²) in [5.74, 6) is -0.897. The van der Waals surface area contributed by atoms with Gasteiger partial charge in [-0.05, 0) is 120 Å². The minimum Gasteiger partial charge on any atom is -0.461 e. The summed E-state index contributed by atoms with van der Waals surface area (Å²) in [5.41, 5.74) is 3.46. The number of benzene rings is 2. The standard InChI is InChI=1S/C36H46FN3O5.CH4.H2/c1-22(2)31(38-33(41)32-27-11-13-28(19-27)40(32)35(43)45-36(3,4)5)21-26-10-9-24(20-30(26)37)23-12-14-29-25(18-23)8-7-15-39(6)16-17-44-34(29)42;;/h9-10,12,14,18,20,27-28,31-32H,1,7-8,11,13,15-17,19,21H2,2-6H3,(H,38,41);1H4;1H/t27?,28?,31-,32-;;/m0../s1. The van der Waals surface area contributed by atoms with E-state index in [4.69, 9.17) is 9.47 Å². The highest BCUT2D eigenvalue weighted by Gasteiger charge is 2.52. The predicted octanol–water partition coefficient (Wildman–Crippen LogP) is 6.80. The molecule has 1 N–H and O–H groups in total. The third-order valence-electron chi connectivity index (χ3n) is 9.20. The number of aryl methyl sites for hydroxylation is 1. The number of esters is 1. The third-order valence-corrected chi connectivity index (χ3v) is 9.20. The molecular weight excluding hydrogens is 585 g/mol. The highest BCUT2D eigenvalue weighted by Crippen LogP contribution is 2.43. The van der Waals surface area contributed by atoms with Gasteiger partial charge in [-0.3, -0.25) is 9.69 Å². The number of nitrogens with one attached hydrogen (secondary N) is 1. The van der Waals surface area contributed by atoms with Crippen molar-refractivity contribution in [2.24, 2.45) is 5.92 Å². The van der Waals surface area contributed by atoms with Gasteiger partial charge in [-0.25, -0.2) is 14.0 Å². The van der Waals surface area contributed by atoms with Gasteiger partial charge < -0.3 is 19.7 Å². The van der Waals surface area contributed by atoms with E-state index < -0.39 is 23.8 Å². The average Bonchev–Trinajstić information content (AvgIpc) is 3.59. The van der Waals surface area contributed by atoms with Crippen LogP contribution in [-0.2, 0) is 27.1 Å². The summed E-state index contributed by atoms with van der Waals surface area (Å²) in [6.45, 7) is 13.3. The molecule has 1 aliphatic carbocycles. The lowest BCUT2D eigenvalue weighted by molar-refractivity contribution is -0.128. The van der Waals surface area contributed by atoms with Crippen LogP contribution in [0.2, 0.25) is 0 Å². The van der Waals surface area contributed by atoms with Gasteiger partial charge in [0.2, 0.25) is 5.91 Å². The summed E-state index contributed by atoms with van der Waals surface area (Å²) >= 11 is 0. The lowest BCUT2D eigenvalue weighted by Crippen LogP contribution is -2.55. The van der Waals surface area contributed by atoms with Crippen molar-refractivity contribution in [2.45, 2.75) is 97.4 Å². The topological polar surface area (TPSA) is 88.2 Å². The molecule has 0 spiro atoms. The minimum atomic E-state index is -0.663. The van der Waals surface area contributed by atoms with Crippen LogP contribution in [0.1, 0.15) is 83.7 Å². The van der Waals surface area contributed by atoms with Gasteiger partial charge in [0.15, 0.2) is 0 Å². The number of carbonyl (C=O) groups excluding carboxylic acids is 3. The zero-order chi connectivity index (χ0) is 32.5. The monoisotopic (exact) mass is 637 g/mol. The van der Waals surface area contributed by atoms with E-state index in [9.17, 15) is 14.4 Å². The number of likely N-dealkylation sites (tertiary alicyclic amines) is 1. The van der Waals surface area contributed by atoms with Gasteiger partial charge in [0.05, 0.1) is 11.6 Å². The molecule has 2 aromatic rings. The largest absolute Gasteiger partial charge is 0.461 e. The molecule has 252 valence electrons. The average molecular weight is 638 g/mol. The van der Waals surface area contributed by atoms with E-state index in [1.165, 1.54) is 6.07 Å². The zero-order valence-corrected chi connectivity index (χ0v) is 27.2. The number of amides is 2. The van der Waals surface area contributed by atoms with Crippen LogP contribution in [0.3, 0.4) is 0 Å². The van der Waals surface area contributed by atoms with Crippen LogP contribution in [0.4, 0.5) is 9.18 Å². The molecule has 5 rings (SSSR count). The molecule has 1 saturated carbocycles. The van der Waals surface area contributed by atoms with E-state index in [0.717, 1.165) is 49.8 Å². The Morgan fingerprint density at radius 3 is 2.57 bits per heavy atom. The molecule has 2 heterocycles. The number of hydrogen-bond acceptors (Lipinski definition) is 6. The fourth-order valence-electron chi connectivity index (χ4n) is 6.82. The summed E-state index contributed by atoms with van der Waals surface area (Å²) in [7, 11) is 2.01. The van der Waals surface area contributed by atoms with Crippen molar-refractivity contribution in [1.29, 1.82) is 0 Å². The number of cyclic esters (lactones) is 1. The number of rotatable bonds is 6. The van der Waals surface area contributed by atoms with Crippen LogP contribution < -0.4 is 5.32 Å². The van der Waals surface area contributed by atoms with Gasteiger partial charge in [0, 0.05) is 14.0 Å². The van der Waals surface area contributed by atoms with Crippen molar-refractivity contribution < 1.29 is 29.7 Å². The number of hydrogen-bond donors (Lipinski definition) is 1. The number of piperidine rings is 1. The molecule has 46 heavy (non-hydrogen) atoms. The van der Waals surface area contributed by atoms with Gasteiger partial charge >= 0.3 is 12.1 Å². The fourth-order valence-corrected chi connectivity index (χ4v) is 6.82. The maximum atomic E-state index is 15.6. The van der Waals surface area contributed by atoms with Crippen molar-refractivity contribution in [3.63, 3.8) is 0 Å². The van der Waals surface area contributed by atoms with Crippen LogP contribution in [0.25, 0.3) is 11.1 Å². The number of ether oxygens (including phenoxy) is 2. The van der Waals surface area contributed by atoms with Crippen molar-refractivity contribution in [3.8, 4) is 11.1 Å². The molecule has 2 fully saturated rings. The van der Waals surface area contributed by atoms with E-state index in [0.29, 0.717) is 35.4 Å². The summed E-state index contributed by atoms with van der Waals surface area (Å²) in [4.78, 5) is 43.2. The summed E-state index contributed by atoms with van der Waals surface area (Å²) < 4.78 is 26.7. The molecule has 1 saturated heterocycles. The molecule has 2 aliphatic heterocycles. The first-order valence-electron chi connectivity index (χ1n) is 16.0. The van der Waals surface area contributed by atoms with Crippen LogP contribution in [-0.4, -0.2) is 78.2 Å². The van der Waals surface area contributed by atoms with Gasteiger partial charge in [-0.2, -0.15) is 0 Å². The first-order valence-corrected chi connectivity index (χ1v) is 16.0. The lowest BCUT2D eigenvalue weighted by Gasteiger charge is -2.36. The fraction of sp³-hybridized carbons (Fsp3) is 0.541. The molecule has 4 atom stereocenters. The molecular formula is C37H52FN3O5. The summed E-state index contributed by atoms with van der Waals surface area (Å²) in [5, 5.41) is 3.07. The minimum absolute atomic E-state index is 0. The Hall–Kier alpha value is -3.72. The maximum Gasteiger partial charge on any atom is 0.411 e. The highest BCUT2D eigenvalue weighted by atomic mass is 19.1. The Labute approximate surface area is 274 Å². The molecule has 8 nitrogen and oxygen atoms in total. The Morgan fingerprint density at radius 2 is 1.87 bits per heavy atom. The van der Waals surface area contributed by atoms with Gasteiger partial charge in [0.1, 0.15) is 24.1 Å². The summed E-state index contributed by atoms with van der Waals surface area (Å²) in [6, 6.07) is 9.53. The normalized spacial score (nSPS) is 22.3. The van der Waals surface area contributed by atoms with E-state index in [2.05, 4.69) is 16.8 Å². The van der Waals surface area contributed by atoms with E-state index in [-0.39, 0.29) is 44.9 Å². The molecule has 2 unspecified atom stereocenters. The Morgan fingerprint density at radius 1 is 1.15 bits per heavy atom. The van der Waals surface area contributed by atoms with Crippen LogP contribution in [0, 0.1) is 11.7 Å². The zero-order valence-electron chi connectivity index (χ0n) is 27.2. The first-order chi connectivity index (χ1) is 21.3. The third kappa shape index (κ3) is 7.97. The SMILES string of the molecule is C.C=C(C)[C@H](Cc1ccc(-c2ccc3c(c2)CCCN(C)CCOC3=O)cc1F)NC(=O)[C@@H]1C2CCC(C2)N1C(=O)OC(C)(C)C.[HH]. The molecule has 0 radical (unpaired) electrons. The molecule has 0 aromatic heterocycles. The molecule has 9 heteroatoms. The van der Waals surface area contributed by atoms with E-state index >= 15 is 4.39 Å². The van der Waals surface area contributed by atoms with Gasteiger partial charge in [0.25, 0.3) is 0 Å². The number of halogens is 1. The van der Waals surface area contributed by atoms with Gasteiger partial charge in [-0.15, -0.1) is 0 Å². The van der Waals surface area contributed by atoms with E-state index in [1.54, 1.807) is 17.0 Å². The molecule has 2 amide bonds. The number of nitrogens with zero attached hydrogens (tertiary/aromatic N) is 2. The van der Waals surface area contributed by atoms with Crippen molar-refractivity contribution >= 4 is 18.0 Å². The smallest absolute Gasteiger partial charge is 0.411 e. The van der Waals surface area contributed by atoms with Crippen LogP contribution in [0.15, 0.2) is 48.6 Å². The van der Waals surface area contributed by atoms with Crippen molar-refractivity contribution in [2.75, 3.05) is 26.7 Å². The van der Waals surface area contributed by atoms with Crippen molar-refractivity contribution in [3.05, 3.63) is 71.1 Å². The Kier molecular flexibility index (Phi) is 11.0. The van der Waals surface area contributed by atoms with Gasteiger partial charge in [-0.1, -0.05) is 43.8 Å². The van der Waals surface area contributed by atoms with Crippen LogP contribution in [0.5, 0.6) is 0 Å². The second-order valence-corrected chi connectivity index (χ2v) is 13.9. The first kappa shape index (κ1) is 35.1. The van der Waals surface area contributed by atoms with Crippen molar-refractivity contribution in [1.82, 2.24) is 15.1 Å². The number of carbonyl (C=O) groups is 3. The summed E-state index contributed by atoms with van der Waals surface area (Å²) in [6.07, 6.45) is 3.91. The van der Waals surface area contributed by atoms with Crippen LogP contribution >= 0.6 is 0 Å². The maximum absolute atomic E-state index is 15.6. The second-order valence-electron chi connectivity index (χ2n) is 13.9. The second kappa shape index (κ2) is 14.4. The quantitative estimate of drug-likeness (QED) is 0.277. The lowest BCUT2D eigenvalue weighted by atomic mass is 9.93. The highest BCUT2D eigenvalue weighted by molar-refractivity contribution is 5.92. The number of fused-ring (bicyclic) bond motifs is 3. The molecule has 2 aromatic carbocycles. The van der Waals surface area contributed by atoms with E-state index in [1.807, 2.05) is 52.9 Å².